The van der Waals surface area contributed by atoms with Crippen molar-refractivity contribution in [1.29, 1.82) is 0 Å². The van der Waals surface area contributed by atoms with Crippen molar-refractivity contribution in [2.24, 2.45) is 0 Å². The molecule has 0 saturated carbocycles. The number of nitrogens with two attached hydrogens (primary N) is 1. The van der Waals surface area contributed by atoms with Gasteiger partial charge in [0, 0.05) is 20.2 Å². The second-order valence-corrected chi connectivity index (χ2v) is 6.62. The average molecular weight is 288 g/mol. The number of anilines is 1. The van der Waals surface area contributed by atoms with Gasteiger partial charge in [-0.2, -0.15) is 4.31 Å². The Balaban J connectivity index is 2.22. The molecule has 2 N–H and O–H groups in total. The third-order valence-corrected chi connectivity index (χ3v) is 5.03. The van der Waals surface area contributed by atoms with Crippen LogP contribution in [0.5, 0.6) is 0 Å². The largest absolute Gasteiger partial charge is 0.398 e. The topological polar surface area (TPSA) is 72.6 Å². The Kier molecular flexibility index (Phi) is 4.07. The maximum absolute atomic E-state index is 13.2. The first-order valence-electron chi connectivity index (χ1n) is 6.04. The molecule has 19 heavy (non-hydrogen) atoms. The molecule has 0 aliphatic carbocycles. The van der Waals surface area contributed by atoms with E-state index in [-0.39, 0.29) is 23.2 Å². The van der Waals surface area contributed by atoms with E-state index in [0.29, 0.717) is 6.61 Å². The monoisotopic (exact) mass is 288 g/mol. The zero-order chi connectivity index (χ0) is 14.0. The van der Waals surface area contributed by atoms with Crippen LogP contribution in [0.1, 0.15) is 12.8 Å². The molecule has 106 valence electrons. The summed E-state index contributed by atoms with van der Waals surface area (Å²) >= 11 is 0. The molecule has 0 spiro atoms. The molecule has 1 aromatic carbocycles. The van der Waals surface area contributed by atoms with Crippen molar-refractivity contribution in [2.45, 2.75) is 23.8 Å². The van der Waals surface area contributed by atoms with Crippen molar-refractivity contribution in [3.8, 4) is 0 Å². The SMILES string of the molecule is CN(CC1CCCO1)S(=O)(=O)c1cc(F)ccc1N. The number of likely N-dealkylation sites (N-methyl/N-ethyl adjacent to an activating group) is 1. The third-order valence-electron chi connectivity index (χ3n) is 3.15. The Bertz CT molecular complexity index is 556. The van der Waals surface area contributed by atoms with Crippen LogP contribution in [0.3, 0.4) is 0 Å². The Hall–Kier alpha value is -1.18. The van der Waals surface area contributed by atoms with E-state index in [1.807, 2.05) is 0 Å². The summed E-state index contributed by atoms with van der Waals surface area (Å²) in [4.78, 5) is -0.201. The lowest BCUT2D eigenvalue weighted by Crippen LogP contribution is -2.34. The summed E-state index contributed by atoms with van der Waals surface area (Å²) in [5.74, 6) is -0.627. The van der Waals surface area contributed by atoms with Crippen molar-refractivity contribution in [2.75, 3.05) is 25.9 Å². The minimum absolute atomic E-state index is 0.0422. The van der Waals surface area contributed by atoms with E-state index < -0.39 is 15.8 Å². The summed E-state index contributed by atoms with van der Waals surface area (Å²) in [5, 5.41) is 0. The Morgan fingerprint density at radius 2 is 2.26 bits per heavy atom. The van der Waals surface area contributed by atoms with E-state index >= 15 is 0 Å². The number of nitrogen functional groups attached to an aromatic ring is 1. The van der Waals surface area contributed by atoms with Crippen molar-refractivity contribution >= 4 is 15.7 Å². The number of benzene rings is 1. The van der Waals surface area contributed by atoms with Crippen LogP contribution in [-0.2, 0) is 14.8 Å². The van der Waals surface area contributed by atoms with Crippen LogP contribution in [-0.4, -0.2) is 39.0 Å². The number of hydrogen-bond acceptors (Lipinski definition) is 4. The molecule has 1 aromatic rings. The van der Waals surface area contributed by atoms with Crippen molar-refractivity contribution in [3.05, 3.63) is 24.0 Å². The quantitative estimate of drug-likeness (QED) is 0.845. The predicted octanol–water partition coefficient (Wildman–Crippen LogP) is 1.21. The minimum atomic E-state index is -3.79. The van der Waals surface area contributed by atoms with Gasteiger partial charge in [-0.15, -0.1) is 0 Å². The van der Waals surface area contributed by atoms with Gasteiger partial charge in [0.15, 0.2) is 0 Å². The molecule has 1 unspecified atom stereocenters. The Morgan fingerprint density at radius 3 is 2.89 bits per heavy atom. The number of nitrogens with zero attached hydrogens (tertiary/aromatic N) is 1. The molecule has 1 aliphatic rings. The van der Waals surface area contributed by atoms with Gasteiger partial charge in [-0.3, -0.25) is 0 Å². The number of ether oxygens (including phenoxy) is 1. The summed E-state index contributed by atoms with van der Waals surface area (Å²) in [5.41, 5.74) is 5.66. The highest BCUT2D eigenvalue weighted by molar-refractivity contribution is 7.89. The molecule has 0 aromatic heterocycles. The molecule has 0 radical (unpaired) electrons. The molecular weight excluding hydrogens is 271 g/mol. The summed E-state index contributed by atoms with van der Waals surface area (Å²) in [6, 6.07) is 3.33. The van der Waals surface area contributed by atoms with E-state index in [2.05, 4.69) is 0 Å². The number of hydrogen-bond donors (Lipinski definition) is 1. The highest BCUT2D eigenvalue weighted by atomic mass is 32.2. The van der Waals surface area contributed by atoms with Gasteiger partial charge in [-0.05, 0) is 31.0 Å². The number of rotatable bonds is 4. The molecule has 5 nitrogen and oxygen atoms in total. The average Bonchev–Trinajstić information content (AvgIpc) is 2.85. The van der Waals surface area contributed by atoms with Crippen LogP contribution in [0.4, 0.5) is 10.1 Å². The fourth-order valence-corrected chi connectivity index (χ4v) is 3.40. The molecule has 1 saturated heterocycles. The summed E-state index contributed by atoms with van der Waals surface area (Å²) in [6.07, 6.45) is 1.66. The molecule has 0 amide bonds. The molecular formula is C12H17FN2O3S. The molecule has 2 rings (SSSR count). The normalized spacial score (nSPS) is 20.1. The lowest BCUT2D eigenvalue weighted by molar-refractivity contribution is 0.0979. The van der Waals surface area contributed by atoms with E-state index in [0.717, 1.165) is 29.3 Å². The maximum atomic E-state index is 13.2. The van der Waals surface area contributed by atoms with Gasteiger partial charge in [0.05, 0.1) is 11.8 Å². The van der Waals surface area contributed by atoms with Crippen LogP contribution in [0, 0.1) is 5.82 Å². The Labute approximate surface area is 112 Å². The second kappa shape index (κ2) is 5.44. The predicted molar refractivity (Wildman–Crippen MR) is 69.6 cm³/mol. The van der Waals surface area contributed by atoms with Crippen molar-refractivity contribution in [1.82, 2.24) is 4.31 Å². The van der Waals surface area contributed by atoms with Gasteiger partial charge >= 0.3 is 0 Å². The van der Waals surface area contributed by atoms with E-state index in [4.69, 9.17) is 10.5 Å². The molecule has 1 heterocycles. The van der Waals surface area contributed by atoms with Crippen LogP contribution >= 0.6 is 0 Å². The number of sulfonamides is 1. The van der Waals surface area contributed by atoms with Crippen molar-refractivity contribution < 1.29 is 17.5 Å². The van der Waals surface area contributed by atoms with Crippen LogP contribution in [0.2, 0.25) is 0 Å². The summed E-state index contributed by atoms with van der Waals surface area (Å²) in [6.45, 7) is 0.902. The lowest BCUT2D eigenvalue weighted by atomic mass is 10.2. The molecule has 1 aliphatic heterocycles. The van der Waals surface area contributed by atoms with E-state index in [9.17, 15) is 12.8 Å². The molecule has 7 heteroatoms. The van der Waals surface area contributed by atoms with Gasteiger partial charge in [-0.25, -0.2) is 12.8 Å². The van der Waals surface area contributed by atoms with E-state index in [1.165, 1.54) is 13.1 Å². The standard InChI is InChI=1S/C12H17FN2O3S/c1-15(8-10-3-2-6-18-10)19(16,17)12-7-9(13)4-5-11(12)14/h4-5,7,10H,2-3,6,8,14H2,1H3. The fourth-order valence-electron chi connectivity index (χ4n) is 2.07. The maximum Gasteiger partial charge on any atom is 0.245 e. The Morgan fingerprint density at radius 1 is 1.53 bits per heavy atom. The first-order chi connectivity index (χ1) is 8.91. The fraction of sp³-hybridized carbons (Fsp3) is 0.500. The van der Waals surface area contributed by atoms with Crippen LogP contribution < -0.4 is 5.73 Å². The summed E-state index contributed by atoms with van der Waals surface area (Å²) in [7, 11) is -2.35. The van der Waals surface area contributed by atoms with Gasteiger partial charge in [0.25, 0.3) is 0 Å². The highest BCUT2D eigenvalue weighted by Gasteiger charge is 2.27. The van der Waals surface area contributed by atoms with Gasteiger partial charge in [0.1, 0.15) is 10.7 Å². The summed E-state index contributed by atoms with van der Waals surface area (Å²) < 4.78 is 44.4. The zero-order valence-electron chi connectivity index (χ0n) is 10.7. The van der Waals surface area contributed by atoms with Gasteiger partial charge in [-0.1, -0.05) is 0 Å². The first-order valence-corrected chi connectivity index (χ1v) is 7.48. The van der Waals surface area contributed by atoms with Crippen LogP contribution in [0.15, 0.2) is 23.1 Å². The van der Waals surface area contributed by atoms with E-state index in [1.54, 1.807) is 0 Å². The van der Waals surface area contributed by atoms with Crippen LogP contribution in [0.25, 0.3) is 0 Å². The number of halogens is 1. The zero-order valence-corrected chi connectivity index (χ0v) is 11.5. The third kappa shape index (κ3) is 3.05. The molecule has 1 fully saturated rings. The van der Waals surface area contributed by atoms with Gasteiger partial charge < -0.3 is 10.5 Å². The first kappa shape index (κ1) is 14.2. The van der Waals surface area contributed by atoms with Gasteiger partial charge in [0.2, 0.25) is 10.0 Å². The smallest absolute Gasteiger partial charge is 0.245 e. The minimum Gasteiger partial charge on any atom is -0.398 e. The highest BCUT2D eigenvalue weighted by Crippen LogP contribution is 2.24. The van der Waals surface area contributed by atoms with Crippen molar-refractivity contribution in [3.63, 3.8) is 0 Å². The molecule has 1 atom stereocenters. The second-order valence-electron chi connectivity index (χ2n) is 4.60. The lowest BCUT2D eigenvalue weighted by Gasteiger charge is -2.21. The molecule has 0 bridgehead atoms.